The lowest BCUT2D eigenvalue weighted by Crippen LogP contribution is -2.23. The standard InChI is InChI=1S/C12H14IN/c1-3-12(4-2,9-14)10-7-5-6-8-11(10)13/h5-8H,3-4H2,1-2H3. The molecule has 0 fully saturated rings. The van der Waals surface area contributed by atoms with Crippen molar-refractivity contribution in [3.8, 4) is 6.07 Å². The van der Waals surface area contributed by atoms with Crippen molar-refractivity contribution < 1.29 is 0 Å². The monoisotopic (exact) mass is 299 g/mol. The Morgan fingerprint density at radius 2 is 1.86 bits per heavy atom. The van der Waals surface area contributed by atoms with Gasteiger partial charge in [-0.05, 0) is 47.1 Å². The summed E-state index contributed by atoms with van der Waals surface area (Å²) < 4.78 is 1.19. The van der Waals surface area contributed by atoms with Gasteiger partial charge in [0.25, 0.3) is 0 Å². The van der Waals surface area contributed by atoms with Crippen LogP contribution in [0.25, 0.3) is 0 Å². The molecular weight excluding hydrogens is 285 g/mol. The van der Waals surface area contributed by atoms with Crippen LogP contribution in [0.5, 0.6) is 0 Å². The van der Waals surface area contributed by atoms with Gasteiger partial charge in [-0.1, -0.05) is 32.0 Å². The molecule has 0 heterocycles. The number of nitrogens with zero attached hydrogens (tertiary/aromatic N) is 1. The number of hydrogen-bond donors (Lipinski definition) is 0. The summed E-state index contributed by atoms with van der Waals surface area (Å²) in [4.78, 5) is 0. The second-order valence-corrected chi connectivity index (χ2v) is 4.54. The second-order valence-electron chi connectivity index (χ2n) is 3.38. The van der Waals surface area contributed by atoms with Crippen molar-refractivity contribution in [1.82, 2.24) is 0 Å². The van der Waals surface area contributed by atoms with Gasteiger partial charge >= 0.3 is 0 Å². The normalized spacial score (nSPS) is 11.0. The van der Waals surface area contributed by atoms with Crippen LogP contribution in [0.1, 0.15) is 32.3 Å². The molecule has 0 spiro atoms. The Balaban J connectivity index is 3.26. The molecule has 0 bridgehead atoms. The van der Waals surface area contributed by atoms with E-state index in [-0.39, 0.29) is 5.41 Å². The summed E-state index contributed by atoms with van der Waals surface area (Å²) >= 11 is 2.30. The van der Waals surface area contributed by atoms with Crippen molar-refractivity contribution in [1.29, 1.82) is 5.26 Å². The van der Waals surface area contributed by atoms with Crippen LogP contribution >= 0.6 is 22.6 Å². The Hall–Kier alpha value is -0.560. The van der Waals surface area contributed by atoms with Crippen molar-refractivity contribution in [3.63, 3.8) is 0 Å². The van der Waals surface area contributed by atoms with E-state index in [0.29, 0.717) is 0 Å². The van der Waals surface area contributed by atoms with E-state index < -0.39 is 0 Å². The predicted molar refractivity (Wildman–Crippen MR) is 67.0 cm³/mol. The van der Waals surface area contributed by atoms with Gasteiger partial charge in [0.1, 0.15) is 0 Å². The average molecular weight is 299 g/mol. The largest absolute Gasteiger partial charge is 0.197 e. The molecule has 74 valence electrons. The fraction of sp³-hybridized carbons (Fsp3) is 0.417. The first-order valence-electron chi connectivity index (χ1n) is 4.86. The Kier molecular flexibility index (Phi) is 3.94. The minimum absolute atomic E-state index is 0.294. The van der Waals surface area contributed by atoms with Gasteiger partial charge in [0.2, 0.25) is 0 Å². The van der Waals surface area contributed by atoms with Crippen molar-refractivity contribution in [2.45, 2.75) is 32.1 Å². The van der Waals surface area contributed by atoms with Crippen LogP contribution < -0.4 is 0 Å². The van der Waals surface area contributed by atoms with E-state index in [1.54, 1.807) is 0 Å². The molecule has 1 rings (SSSR count). The molecule has 14 heavy (non-hydrogen) atoms. The molecule has 1 aromatic rings. The van der Waals surface area contributed by atoms with Crippen LogP contribution in [0.2, 0.25) is 0 Å². The van der Waals surface area contributed by atoms with E-state index in [0.717, 1.165) is 12.8 Å². The minimum Gasteiger partial charge on any atom is -0.197 e. The third-order valence-electron chi connectivity index (χ3n) is 2.81. The number of halogens is 1. The molecule has 0 aliphatic heterocycles. The quantitative estimate of drug-likeness (QED) is 0.777. The molecule has 1 nitrogen and oxygen atoms in total. The zero-order valence-electron chi connectivity index (χ0n) is 8.55. The maximum atomic E-state index is 9.30. The maximum Gasteiger partial charge on any atom is 0.0827 e. The fourth-order valence-electron chi connectivity index (χ4n) is 1.70. The van der Waals surface area contributed by atoms with E-state index in [1.807, 2.05) is 12.1 Å². The summed E-state index contributed by atoms with van der Waals surface area (Å²) in [5, 5.41) is 9.30. The molecule has 2 heteroatoms. The molecule has 0 saturated heterocycles. The second kappa shape index (κ2) is 4.79. The molecule has 0 unspecified atom stereocenters. The first-order chi connectivity index (χ1) is 6.70. The van der Waals surface area contributed by atoms with Gasteiger partial charge in [-0.15, -0.1) is 0 Å². The third kappa shape index (κ3) is 1.93. The van der Waals surface area contributed by atoms with Crippen molar-refractivity contribution in [2.24, 2.45) is 0 Å². The fourth-order valence-corrected chi connectivity index (χ4v) is 2.60. The van der Waals surface area contributed by atoms with Crippen molar-refractivity contribution >= 4 is 22.6 Å². The molecule has 0 aliphatic carbocycles. The topological polar surface area (TPSA) is 23.8 Å². The molecule has 0 radical (unpaired) electrons. The SMILES string of the molecule is CCC(C#N)(CC)c1ccccc1I. The van der Waals surface area contributed by atoms with E-state index in [4.69, 9.17) is 0 Å². The maximum absolute atomic E-state index is 9.30. The number of benzene rings is 1. The Bertz CT molecular complexity index is 348. The summed E-state index contributed by atoms with van der Waals surface area (Å²) in [5.74, 6) is 0. The molecule has 0 amide bonds. The van der Waals surface area contributed by atoms with Gasteiger partial charge in [0.15, 0.2) is 0 Å². The Labute approximate surface area is 99.3 Å². The summed E-state index contributed by atoms with van der Waals surface area (Å²) in [5.41, 5.74) is 0.880. The highest BCUT2D eigenvalue weighted by Crippen LogP contribution is 2.33. The summed E-state index contributed by atoms with van der Waals surface area (Å²) in [6.07, 6.45) is 1.75. The molecule has 0 saturated carbocycles. The zero-order chi connectivity index (χ0) is 10.6. The molecular formula is C12H14IN. The summed E-state index contributed by atoms with van der Waals surface area (Å²) in [7, 11) is 0. The third-order valence-corrected chi connectivity index (χ3v) is 3.75. The van der Waals surface area contributed by atoms with Gasteiger partial charge in [-0.3, -0.25) is 0 Å². The minimum atomic E-state index is -0.294. The number of rotatable bonds is 3. The van der Waals surface area contributed by atoms with Crippen LogP contribution in [0.3, 0.4) is 0 Å². The van der Waals surface area contributed by atoms with E-state index in [1.165, 1.54) is 9.13 Å². The molecule has 0 atom stereocenters. The first-order valence-corrected chi connectivity index (χ1v) is 5.94. The van der Waals surface area contributed by atoms with Crippen LogP contribution in [0.15, 0.2) is 24.3 Å². The van der Waals surface area contributed by atoms with E-state index in [2.05, 4.69) is 54.6 Å². The van der Waals surface area contributed by atoms with Crippen molar-refractivity contribution in [3.05, 3.63) is 33.4 Å². The average Bonchev–Trinajstić information content (AvgIpc) is 2.24. The smallest absolute Gasteiger partial charge is 0.0827 e. The van der Waals surface area contributed by atoms with Gasteiger partial charge in [-0.25, -0.2) is 0 Å². The highest BCUT2D eigenvalue weighted by Gasteiger charge is 2.29. The zero-order valence-corrected chi connectivity index (χ0v) is 10.7. The predicted octanol–water partition coefficient (Wildman–Crippen LogP) is 3.87. The van der Waals surface area contributed by atoms with Gasteiger partial charge in [0, 0.05) is 3.57 Å². The van der Waals surface area contributed by atoms with Gasteiger partial charge in [-0.2, -0.15) is 5.26 Å². The van der Waals surface area contributed by atoms with Crippen LogP contribution in [0.4, 0.5) is 0 Å². The van der Waals surface area contributed by atoms with Gasteiger partial charge in [0.05, 0.1) is 11.5 Å². The number of nitriles is 1. The Morgan fingerprint density at radius 1 is 1.29 bits per heavy atom. The van der Waals surface area contributed by atoms with Crippen molar-refractivity contribution in [2.75, 3.05) is 0 Å². The summed E-state index contributed by atoms with van der Waals surface area (Å²) in [6.45, 7) is 4.16. The molecule has 0 aliphatic rings. The molecule has 0 N–H and O–H groups in total. The van der Waals surface area contributed by atoms with Gasteiger partial charge < -0.3 is 0 Å². The molecule has 0 aromatic heterocycles. The van der Waals surface area contributed by atoms with E-state index in [9.17, 15) is 5.26 Å². The highest BCUT2D eigenvalue weighted by molar-refractivity contribution is 14.1. The lowest BCUT2D eigenvalue weighted by atomic mass is 9.77. The highest BCUT2D eigenvalue weighted by atomic mass is 127. The summed E-state index contributed by atoms with van der Waals surface area (Å²) in [6, 6.07) is 10.6. The number of hydrogen-bond acceptors (Lipinski definition) is 1. The first kappa shape index (κ1) is 11.5. The van der Waals surface area contributed by atoms with E-state index >= 15 is 0 Å². The lowest BCUT2D eigenvalue weighted by molar-refractivity contribution is 0.508. The lowest BCUT2D eigenvalue weighted by Gasteiger charge is -2.25. The molecule has 1 aromatic carbocycles. The van der Waals surface area contributed by atoms with Crippen LogP contribution in [-0.4, -0.2) is 0 Å². The Morgan fingerprint density at radius 3 is 2.29 bits per heavy atom. The van der Waals surface area contributed by atoms with Crippen LogP contribution in [0, 0.1) is 14.9 Å². The van der Waals surface area contributed by atoms with Crippen LogP contribution in [-0.2, 0) is 5.41 Å².